The molecule has 1 N–H and O–H groups in total. The Hall–Kier alpha value is -2.04. The summed E-state index contributed by atoms with van der Waals surface area (Å²) in [6, 6.07) is 4.89. The summed E-state index contributed by atoms with van der Waals surface area (Å²) in [6.45, 7) is 3.56. The van der Waals surface area contributed by atoms with Crippen molar-refractivity contribution in [1.82, 2.24) is 19.4 Å². The Morgan fingerprint density at radius 2 is 1.86 bits per heavy atom. The quantitative estimate of drug-likeness (QED) is 0.653. The van der Waals surface area contributed by atoms with Crippen LogP contribution >= 0.6 is 0 Å². The molecule has 0 unspecified atom stereocenters. The molecule has 2 amide bonds. The van der Waals surface area contributed by atoms with E-state index in [1.54, 1.807) is 16.8 Å². The number of hydrogen-bond donors (Lipinski definition) is 1. The van der Waals surface area contributed by atoms with Crippen LogP contribution in [0.4, 0.5) is 4.39 Å². The molecule has 0 spiro atoms. The highest BCUT2D eigenvalue weighted by Crippen LogP contribution is 2.18. The van der Waals surface area contributed by atoms with E-state index in [0.29, 0.717) is 6.54 Å². The smallest absolute Gasteiger partial charge is 0.243 e. The van der Waals surface area contributed by atoms with Gasteiger partial charge in [-0.3, -0.25) is 14.5 Å². The molecule has 1 heterocycles. The Balaban J connectivity index is 1.86. The monoisotopic (exact) mass is 414 g/mol. The van der Waals surface area contributed by atoms with Crippen LogP contribution in [-0.4, -0.2) is 87.2 Å². The number of hydrogen-bond acceptors (Lipinski definition) is 5. The van der Waals surface area contributed by atoms with Gasteiger partial charge in [0, 0.05) is 32.7 Å². The van der Waals surface area contributed by atoms with Crippen LogP contribution in [-0.2, 0) is 19.6 Å². The molecule has 0 atom stereocenters. The summed E-state index contributed by atoms with van der Waals surface area (Å²) in [5.41, 5.74) is 0. The largest absolute Gasteiger partial charge is 0.355 e. The van der Waals surface area contributed by atoms with Gasteiger partial charge in [-0.05, 0) is 31.7 Å². The van der Waals surface area contributed by atoms with Crippen molar-refractivity contribution in [2.24, 2.45) is 0 Å². The third-order valence-electron chi connectivity index (χ3n) is 4.42. The lowest BCUT2D eigenvalue weighted by molar-refractivity contribution is -0.133. The van der Waals surface area contributed by atoms with E-state index < -0.39 is 15.8 Å². The lowest BCUT2D eigenvalue weighted by Crippen LogP contribution is -2.52. The molecule has 0 radical (unpaired) electrons. The molecule has 10 heteroatoms. The fourth-order valence-corrected chi connectivity index (χ4v) is 4.36. The highest BCUT2D eigenvalue weighted by Gasteiger charge is 2.30. The Morgan fingerprint density at radius 1 is 1.18 bits per heavy atom. The molecule has 0 bridgehead atoms. The number of nitrogens with zero attached hydrogens (tertiary/aromatic N) is 3. The lowest BCUT2D eigenvalue weighted by atomic mass is 10.3. The second-order valence-corrected chi connectivity index (χ2v) is 8.70. The Labute approximate surface area is 165 Å². The van der Waals surface area contributed by atoms with E-state index in [9.17, 15) is 22.4 Å². The van der Waals surface area contributed by atoms with Crippen LogP contribution in [0.1, 0.15) is 13.3 Å². The van der Waals surface area contributed by atoms with E-state index in [1.165, 1.54) is 22.5 Å². The molecule has 1 aliphatic rings. The summed E-state index contributed by atoms with van der Waals surface area (Å²) in [7, 11) is -2.10. The van der Waals surface area contributed by atoms with Crippen LogP contribution in [0.25, 0.3) is 0 Å². The van der Waals surface area contributed by atoms with Crippen LogP contribution in [0.3, 0.4) is 0 Å². The van der Waals surface area contributed by atoms with Gasteiger partial charge in [0.2, 0.25) is 21.8 Å². The van der Waals surface area contributed by atoms with Crippen LogP contribution < -0.4 is 5.32 Å². The molecule has 28 heavy (non-hydrogen) atoms. The number of sulfonamides is 1. The predicted octanol–water partition coefficient (Wildman–Crippen LogP) is 0.117. The zero-order valence-electron chi connectivity index (χ0n) is 16.2. The maximum atomic E-state index is 13.3. The molecule has 8 nitrogen and oxygen atoms in total. The van der Waals surface area contributed by atoms with Crippen LogP contribution in [0.5, 0.6) is 0 Å². The predicted molar refractivity (Wildman–Crippen MR) is 103 cm³/mol. The number of piperazine rings is 1. The highest BCUT2D eigenvalue weighted by molar-refractivity contribution is 7.89. The number of amides is 2. The van der Waals surface area contributed by atoms with E-state index in [0.717, 1.165) is 12.5 Å². The number of nitrogens with one attached hydrogen (secondary N) is 1. The first-order valence-corrected chi connectivity index (χ1v) is 10.7. The topological polar surface area (TPSA) is 90.0 Å². The zero-order valence-corrected chi connectivity index (χ0v) is 17.0. The second-order valence-electron chi connectivity index (χ2n) is 6.76. The first-order chi connectivity index (χ1) is 13.2. The van der Waals surface area contributed by atoms with Crippen LogP contribution in [0, 0.1) is 5.82 Å². The molecule has 0 aromatic heterocycles. The third-order valence-corrected chi connectivity index (χ3v) is 6.31. The Kier molecular flexibility index (Phi) is 7.90. The number of rotatable bonds is 8. The number of carbonyl (C=O) groups is 2. The first-order valence-electron chi connectivity index (χ1n) is 9.22. The van der Waals surface area contributed by atoms with Crippen molar-refractivity contribution in [3.05, 3.63) is 30.1 Å². The lowest BCUT2D eigenvalue weighted by Gasteiger charge is -2.34. The van der Waals surface area contributed by atoms with Gasteiger partial charge >= 0.3 is 0 Å². The van der Waals surface area contributed by atoms with Crippen molar-refractivity contribution in [3.8, 4) is 0 Å². The minimum absolute atomic E-state index is 0.0796. The normalized spacial score (nSPS) is 15.6. The van der Waals surface area contributed by atoms with Gasteiger partial charge in [0.15, 0.2) is 0 Å². The average Bonchev–Trinajstić information content (AvgIpc) is 2.66. The average molecular weight is 415 g/mol. The zero-order chi connectivity index (χ0) is 20.7. The second kappa shape index (κ2) is 9.94. The maximum absolute atomic E-state index is 13.3. The van der Waals surface area contributed by atoms with Gasteiger partial charge in [0.05, 0.1) is 18.0 Å². The third kappa shape index (κ3) is 5.98. The fraction of sp³-hybridized carbons (Fsp3) is 0.556. The van der Waals surface area contributed by atoms with Gasteiger partial charge in [0.25, 0.3) is 0 Å². The van der Waals surface area contributed by atoms with Crippen LogP contribution in [0.15, 0.2) is 29.2 Å². The Morgan fingerprint density at radius 3 is 2.46 bits per heavy atom. The number of benzene rings is 1. The van der Waals surface area contributed by atoms with E-state index in [4.69, 9.17) is 0 Å². The minimum Gasteiger partial charge on any atom is -0.355 e. The van der Waals surface area contributed by atoms with Gasteiger partial charge in [-0.1, -0.05) is 13.0 Å². The van der Waals surface area contributed by atoms with E-state index in [2.05, 4.69) is 5.32 Å². The van der Waals surface area contributed by atoms with E-state index in [-0.39, 0.29) is 56.0 Å². The van der Waals surface area contributed by atoms with Gasteiger partial charge in [-0.2, -0.15) is 4.31 Å². The van der Waals surface area contributed by atoms with E-state index in [1.807, 2.05) is 6.92 Å². The van der Waals surface area contributed by atoms with Crippen LogP contribution in [0.2, 0.25) is 0 Å². The first kappa shape index (κ1) is 22.3. The van der Waals surface area contributed by atoms with Crippen molar-refractivity contribution >= 4 is 21.8 Å². The number of halogens is 1. The molecule has 1 aromatic rings. The van der Waals surface area contributed by atoms with Gasteiger partial charge < -0.3 is 10.2 Å². The Bertz CT molecular complexity index is 795. The van der Waals surface area contributed by atoms with Crippen molar-refractivity contribution < 1.29 is 22.4 Å². The van der Waals surface area contributed by atoms with Gasteiger partial charge in [-0.15, -0.1) is 0 Å². The molecule has 1 aromatic carbocycles. The standard InChI is InChI=1S/C18H27FN4O4S/c1-3-7-20-17(24)13-21(2)14-18(25)22-8-10-23(11-9-22)28(26,27)16-6-4-5-15(19)12-16/h4-6,12H,3,7-11,13-14H2,1-2H3,(H,20,24). The minimum atomic E-state index is -3.79. The van der Waals surface area contributed by atoms with E-state index >= 15 is 0 Å². The molecule has 0 aliphatic carbocycles. The molecule has 156 valence electrons. The highest BCUT2D eigenvalue weighted by atomic mass is 32.2. The SMILES string of the molecule is CCCNC(=O)CN(C)CC(=O)N1CCN(S(=O)(=O)c2cccc(F)c2)CC1. The summed E-state index contributed by atoms with van der Waals surface area (Å²) in [5.74, 6) is -0.905. The summed E-state index contributed by atoms with van der Waals surface area (Å²) in [5, 5.41) is 2.75. The number of carbonyl (C=O) groups excluding carboxylic acids is 2. The summed E-state index contributed by atoms with van der Waals surface area (Å²) in [6.07, 6.45) is 0.844. The summed E-state index contributed by atoms with van der Waals surface area (Å²) in [4.78, 5) is 27.2. The molecule has 0 saturated carbocycles. The number of likely N-dealkylation sites (N-methyl/N-ethyl adjacent to an activating group) is 1. The van der Waals surface area contributed by atoms with Crippen molar-refractivity contribution in [1.29, 1.82) is 0 Å². The molecule has 1 aliphatic heterocycles. The maximum Gasteiger partial charge on any atom is 0.243 e. The molecule has 1 saturated heterocycles. The fourth-order valence-electron chi connectivity index (χ4n) is 2.91. The summed E-state index contributed by atoms with van der Waals surface area (Å²) < 4.78 is 39.8. The van der Waals surface area contributed by atoms with Gasteiger partial charge in [0.1, 0.15) is 5.82 Å². The van der Waals surface area contributed by atoms with Crippen molar-refractivity contribution in [2.75, 3.05) is 52.9 Å². The molecule has 2 rings (SSSR count). The summed E-state index contributed by atoms with van der Waals surface area (Å²) >= 11 is 0. The van der Waals surface area contributed by atoms with Crippen molar-refractivity contribution in [2.45, 2.75) is 18.2 Å². The molecular weight excluding hydrogens is 387 g/mol. The molecule has 1 fully saturated rings. The van der Waals surface area contributed by atoms with Gasteiger partial charge in [-0.25, -0.2) is 12.8 Å². The molecular formula is C18H27FN4O4S. The van der Waals surface area contributed by atoms with Crippen molar-refractivity contribution in [3.63, 3.8) is 0 Å².